The Labute approximate surface area is 159 Å². The number of amides is 1. The second-order valence-corrected chi connectivity index (χ2v) is 8.40. The predicted molar refractivity (Wildman–Crippen MR) is 103 cm³/mol. The summed E-state index contributed by atoms with van der Waals surface area (Å²) in [4.78, 5) is 13.7. The van der Waals surface area contributed by atoms with Crippen LogP contribution in [0, 0.1) is 17.2 Å². The molecule has 2 atom stereocenters. The van der Waals surface area contributed by atoms with Crippen LogP contribution in [0.15, 0.2) is 28.7 Å². The Hall–Kier alpha value is -1.84. The van der Waals surface area contributed by atoms with Gasteiger partial charge in [0, 0.05) is 9.35 Å². The van der Waals surface area contributed by atoms with Crippen LogP contribution in [0.4, 0.5) is 5.00 Å². The van der Waals surface area contributed by atoms with E-state index in [1.54, 1.807) is 13.0 Å². The van der Waals surface area contributed by atoms with Gasteiger partial charge in [0.1, 0.15) is 16.8 Å². The van der Waals surface area contributed by atoms with Crippen molar-refractivity contribution in [2.45, 2.75) is 39.2 Å². The molecule has 6 heteroatoms. The average molecular weight is 419 g/mol. The standard InChI is InChI=1S/C19H19BrN2O2S/c1-11-6-7-15-16(10-21)19(25-17(15)8-11)22-18(23)12(2)24-14-5-3-4-13(20)9-14/h3-5,9,11-12H,6-8H2,1-2H3,(H,22,23). The van der Waals surface area contributed by atoms with Gasteiger partial charge in [-0.2, -0.15) is 5.26 Å². The number of carbonyl (C=O) groups excluding carboxylic acids is 1. The Kier molecular flexibility index (Phi) is 5.45. The van der Waals surface area contributed by atoms with E-state index in [2.05, 4.69) is 34.2 Å². The second-order valence-electron chi connectivity index (χ2n) is 6.37. The third-order valence-electron chi connectivity index (χ3n) is 4.34. The molecule has 1 aliphatic rings. The van der Waals surface area contributed by atoms with E-state index in [0.29, 0.717) is 22.2 Å². The minimum Gasteiger partial charge on any atom is -0.481 e. The number of carbonyl (C=O) groups is 1. The van der Waals surface area contributed by atoms with Crippen LogP contribution in [0.25, 0.3) is 0 Å². The molecule has 1 amide bonds. The van der Waals surface area contributed by atoms with Crippen molar-refractivity contribution in [1.29, 1.82) is 5.26 Å². The summed E-state index contributed by atoms with van der Waals surface area (Å²) in [5.41, 5.74) is 1.73. The van der Waals surface area contributed by atoms with Gasteiger partial charge in [-0.05, 0) is 55.9 Å². The SMILES string of the molecule is CC1CCc2c(sc(NC(=O)C(C)Oc3cccc(Br)c3)c2C#N)C1. The van der Waals surface area contributed by atoms with Crippen molar-refractivity contribution in [3.8, 4) is 11.8 Å². The van der Waals surface area contributed by atoms with Crippen molar-refractivity contribution in [3.63, 3.8) is 0 Å². The highest BCUT2D eigenvalue weighted by Gasteiger charge is 2.26. The van der Waals surface area contributed by atoms with Gasteiger partial charge in [-0.3, -0.25) is 4.79 Å². The van der Waals surface area contributed by atoms with Gasteiger partial charge in [-0.25, -0.2) is 0 Å². The maximum Gasteiger partial charge on any atom is 0.265 e. The van der Waals surface area contributed by atoms with Gasteiger partial charge in [0.15, 0.2) is 6.10 Å². The Bertz CT molecular complexity index is 840. The maximum absolute atomic E-state index is 12.5. The molecule has 0 saturated heterocycles. The lowest BCUT2D eigenvalue weighted by Gasteiger charge is -2.17. The van der Waals surface area contributed by atoms with Gasteiger partial charge in [0.25, 0.3) is 5.91 Å². The Morgan fingerprint density at radius 3 is 3.04 bits per heavy atom. The fraction of sp³-hybridized carbons (Fsp3) is 0.368. The Balaban J connectivity index is 1.73. The van der Waals surface area contributed by atoms with Crippen LogP contribution in [0.1, 0.15) is 36.3 Å². The van der Waals surface area contributed by atoms with E-state index in [-0.39, 0.29) is 5.91 Å². The van der Waals surface area contributed by atoms with Gasteiger partial charge < -0.3 is 10.1 Å². The fourth-order valence-corrected chi connectivity index (χ4v) is 4.71. The van der Waals surface area contributed by atoms with Crippen LogP contribution in [-0.2, 0) is 17.6 Å². The molecule has 0 aliphatic heterocycles. The summed E-state index contributed by atoms with van der Waals surface area (Å²) in [6.45, 7) is 3.93. The number of thiophene rings is 1. The lowest BCUT2D eigenvalue weighted by atomic mass is 9.88. The number of ether oxygens (including phenoxy) is 1. The quantitative estimate of drug-likeness (QED) is 0.766. The molecule has 25 heavy (non-hydrogen) atoms. The average Bonchev–Trinajstić information content (AvgIpc) is 2.90. The van der Waals surface area contributed by atoms with Gasteiger partial charge in [0.2, 0.25) is 0 Å². The molecule has 1 aromatic carbocycles. The molecule has 1 aliphatic carbocycles. The highest BCUT2D eigenvalue weighted by molar-refractivity contribution is 9.10. The van der Waals surface area contributed by atoms with Crippen molar-refractivity contribution in [2.24, 2.45) is 5.92 Å². The highest BCUT2D eigenvalue weighted by Crippen LogP contribution is 2.39. The van der Waals surface area contributed by atoms with Crippen molar-refractivity contribution >= 4 is 38.2 Å². The first kappa shape index (κ1) is 18.0. The minimum absolute atomic E-state index is 0.247. The van der Waals surface area contributed by atoms with E-state index in [9.17, 15) is 10.1 Å². The second kappa shape index (κ2) is 7.59. The van der Waals surface area contributed by atoms with Crippen molar-refractivity contribution < 1.29 is 9.53 Å². The number of benzene rings is 1. The zero-order chi connectivity index (χ0) is 18.0. The normalized spacial score (nSPS) is 17.3. The van der Waals surface area contributed by atoms with Crippen LogP contribution in [-0.4, -0.2) is 12.0 Å². The highest BCUT2D eigenvalue weighted by atomic mass is 79.9. The van der Waals surface area contributed by atoms with Crippen LogP contribution >= 0.6 is 27.3 Å². The summed E-state index contributed by atoms with van der Waals surface area (Å²) in [7, 11) is 0. The first-order chi connectivity index (χ1) is 12.0. The fourth-order valence-electron chi connectivity index (χ4n) is 2.97. The number of rotatable bonds is 4. The predicted octanol–water partition coefficient (Wildman–Crippen LogP) is 4.91. The van der Waals surface area contributed by atoms with E-state index >= 15 is 0 Å². The molecule has 2 aromatic rings. The first-order valence-electron chi connectivity index (χ1n) is 8.25. The monoisotopic (exact) mass is 418 g/mol. The Morgan fingerprint density at radius 2 is 2.32 bits per heavy atom. The zero-order valence-electron chi connectivity index (χ0n) is 14.1. The van der Waals surface area contributed by atoms with Crippen molar-refractivity contribution in [1.82, 2.24) is 0 Å². The number of hydrogen-bond donors (Lipinski definition) is 1. The molecule has 0 radical (unpaired) electrons. The largest absolute Gasteiger partial charge is 0.481 e. The lowest BCUT2D eigenvalue weighted by molar-refractivity contribution is -0.122. The van der Waals surface area contributed by atoms with Gasteiger partial charge in [0.05, 0.1) is 5.56 Å². The van der Waals surface area contributed by atoms with Crippen LogP contribution in [0.5, 0.6) is 5.75 Å². The summed E-state index contributed by atoms with van der Waals surface area (Å²) in [5.74, 6) is 1.000. The molecule has 0 saturated carbocycles. The van der Waals surface area contributed by atoms with Crippen molar-refractivity contribution in [2.75, 3.05) is 5.32 Å². The molecule has 0 fully saturated rings. The minimum atomic E-state index is -0.654. The van der Waals surface area contributed by atoms with E-state index in [0.717, 1.165) is 29.3 Å². The molecule has 4 nitrogen and oxygen atoms in total. The number of nitriles is 1. The summed E-state index contributed by atoms with van der Waals surface area (Å²) in [5, 5.41) is 13.1. The molecular weight excluding hydrogens is 400 g/mol. The Morgan fingerprint density at radius 1 is 1.52 bits per heavy atom. The van der Waals surface area contributed by atoms with Crippen LogP contribution in [0.2, 0.25) is 0 Å². The molecule has 0 bridgehead atoms. The van der Waals surface area contributed by atoms with Crippen LogP contribution in [0.3, 0.4) is 0 Å². The molecule has 130 valence electrons. The number of nitrogens with one attached hydrogen (secondary N) is 1. The maximum atomic E-state index is 12.5. The number of anilines is 1. The van der Waals surface area contributed by atoms with Gasteiger partial charge in [-0.1, -0.05) is 28.9 Å². The van der Waals surface area contributed by atoms with Crippen LogP contribution < -0.4 is 10.1 Å². The summed E-state index contributed by atoms with van der Waals surface area (Å²) in [6.07, 6.45) is 2.33. The smallest absolute Gasteiger partial charge is 0.265 e. The number of hydrogen-bond acceptors (Lipinski definition) is 4. The number of fused-ring (bicyclic) bond motifs is 1. The molecule has 3 rings (SSSR count). The lowest BCUT2D eigenvalue weighted by Crippen LogP contribution is -2.30. The molecule has 1 heterocycles. The third kappa shape index (κ3) is 4.05. The number of nitrogens with zero attached hydrogens (tertiary/aromatic N) is 1. The van der Waals surface area contributed by atoms with E-state index in [1.807, 2.05) is 18.2 Å². The van der Waals surface area contributed by atoms with E-state index in [4.69, 9.17) is 4.74 Å². The van der Waals surface area contributed by atoms with Gasteiger partial charge in [-0.15, -0.1) is 11.3 Å². The third-order valence-corrected chi connectivity index (χ3v) is 6.00. The topological polar surface area (TPSA) is 62.1 Å². The molecule has 1 aromatic heterocycles. The summed E-state index contributed by atoms with van der Waals surface area (Å²) >= 11 is 4.91. The first-order valence-corrected chi connectivity index (χ1v) is 9.86. The van der Waals surface area contributed by atoms with Crippen molar-refractivity contribution in [3.05, 3.63) is 44.7 Å². The van der Waals surface area contributed by atoms with Gasteiger partial charge >= 0.3 is 0 Å². The van der Waals surface area contributed by atoms with E-state index < -0.39 is 6.10 Å². The molecule has 0 spiro atoms. The molecule has 1 N–H and O–H groups in total. The van der Waals surface area contributed by atoms with E-state index in [1.165, 1.54) is 16.2 Å². The zero-order valence-corrected chi connectivity index (χ0v) is 16.5. The summed E-state index contributed by atoms with van der Waals surface area (Å²) < 4.78 is 6.59. The summed E-state index contributed by atoms with van der Waals surface area (Å²) in [6, 6.07) is 9.64. The molecule has 2 unspecified atom stereocenters. The number of halogens is 1. The molecular formula is C19H19BrN2O2S.